The van der Waals surface area contributed by atoms with Crippen LogP contribution in [0.1, 0.15) is 38.5 Å². The molecule has 1 aromatic heterocycles. The van der Waals surface area contributed by atoms with Crippen LogP contribution in [0.15, 0.2) is 17.3 Å². The monoisotopic (exact) mass is 269 g/mol. The second-order valence-corrected chi connectivity index (χ2v) is 7.19. The highest BCUT2D eigenvalue weighted by Gasteiger charge is 2.40. The molecular formula is C12H19N3O2S. The molecule has 0 unspecified atom stereocenters. The molecule has 1 N–H and O–H groups in total. The second kappa shape index (κ2) is 4.66. The van der Waals surface area contributed by atoms with Crippen molar-refractivity contribution in [3.05, 3.63) is 12.4 Å². The molecule has 100 valence electrons. The number of nitrogens with zero attached hydrogens (tertiary/aromatic N) is 2. The van der Waals surface area contributed by atoms with E-state index < -0.39 is 10.0 Å². The van der Waals surface area contributed by atoms with E-state index in [1.54, 1.807) is 4.31 Å². The van der Waals surface area contributed by atoms with Gasteiger partial charge in [0.25, 0.3) is 0 Å². The summed E-state index contributed by atoms with van der Waals surface area (Å²) >= 11 is 0. The van der Waals surface area contributed by atoms with Crippen LogP contribution in [0.3, 0.4) is 0 Å². The topological polar surface area (TPSA) is 66.1 Å². The van der Waals surface area contributed by atoms with Gasteiger partial charge in [0, 0.05) is 18.8 Å². The summed E-state index contributed by atoms with van der Waals surface area (Å²) in [6, 6.07) is 0.215. The van der Waals surface area contributed by atoms with Crippen molar-refractivity contribution in [1.82, 2.24) is 14.5 Å². The molecule has 3 rings (SSSR count). The molecule has 5 nitrogen and oxygen atoms in total. The van der Waals surface area contributed by atoms with Crippen molar-refractivity contribution in [2.24, 2.45) is 5.92 Å². The Balaban J connectivity index is 1.90. The Morgan fingerprint density at radius 1 is 1.22 bits per heavy atom. The fourth-order valence-corrected chi connectivity index (χ4v) is 5.05. The summed E-state index contributed by atoms with van der Waals surface area (Å²) < 4.78 is 26.9. The lowest BCUT2D eigenvalue weighted by Crippen LogP contribution is -2.49. The summed E-state index contributed by atoms with van der Waals surface area (Å²) in [5.41, 5.74) is 0. The van der Waals surface area contributed by atoms with Gasteiger partial charge in [0.2, 0.25) is 10.0 Å². The number of hydrogen-bond donors (Lipinski definition) is 1. The van der Waals surface area contributed by atoms with Gasteiger partial charge in [-0.05, 0) is 31.6 Å². The fourth-order valence-electron chi connectivity index (χ4n) is 3.39. The fraction of sp³-hybridized carbons (Fsp3) is 0.750. The first kappa shape index (κ1) is 12.2. The molecule has 1 aliphatic carbocycles. The summed E-state index contributed by atoms with van der Waals surface area (Å²) in [4.78, 5) is 0.300. The van der Waals surface area contributed by atoms with Gasteiger partial charge >= 0.3 is 0 Å². The minimum Gasteiger partial charge on any atom is -0.284 e. The predicted octanol–water partition coefficient (Wildman–Crippen LogP) is 1.75. The molecule has 1 saturated heterocycles. The molecule has 0 bridgehead atoms. The van der Waals surface area contributed by atoms with Crippen LogP contribution in [-0.2, 0) is 10.0 Å². The highest BCUT2D eigenvalue weighted by Crippen LogP contribution is 2.37. The number of fused-ring (bicyclic) bond motifs is 1. The van der Waals surface area contributed by atoms with Gasteiger partial charge in [0.15, 0.2) is 0 Å². The number of aromatic nitrogens is 2. The Morgan fingerprint density at radius 3 is 2.78 bits per heavy atom. The van der Waals surface area contributed by atoms with Crippen molar-refractivity contribution >= 4 is 10.0 Å². The van der Waals surface area contributed by atoms with E-state index in [4.69, 9.17) is 0 Å². The van der Waals surface area contributed by atoms with E-state index in [0.717, 1.165) is 19.3 Å². The predicted molar refractivity (Wildman–Crippen MR) is 67.5 cm³/mol. The van der Waals surface area contributed by atoms with Crippen molar-refractivity contribution in [3.8, 4) is 0 Å². The van der Waals surface area contributed by atoms with Crippen molar-refractivity contribution in [1.29, 1.82) is 0 Å². The number of sulfonamides is 1. The zero-order chi connectivity index (χ0) is 12.6. The van der Waals surface area contributed by atoms with Gasteiger partial charge in [-0.3, -0.25) is 5.10 Å². The molecule has 6 heteroatoms. The van der Waals surface area contributed by atoms with Gasteiger partial charge in [-0.1, -0.05) is 12.8 Å². The third-order valence-corrected chi connectivity index (χ3v) is 6.16. The highest BCUT2D eigenvalue weighted by molar-refractivity contribution is 7.89. The van der Waals surface area contributed by atoms with Gasteiger partial charge in [0.1, 0.15) is 4.90 Å². The van der Waals surface area contributed by atoms with Crippen LogP contribution >= 0.6 is 0 Å². The smallest absolute Gasteiger partial charge is 0.246 e. The number of H-pyrrole nitrogens is 1. The Hall–Kier alpha value is -0.880. The Morgan fingerprint density at radius 2 is 2.00 bits per heavy atom. The molecule has 0 radical (unpaired) electrons. The first-order chi connectivity index (χ1) is 8.69. The molecule has 0 spiro atoms. The third-order valence-electron chi connectivity index (χ3n) is 4.27. The maximum atomic E-state index is 12.6. The molecule has 2 heterocycles. The van der Waals surface area contributed by atoms with Crippen LogP contribution in [0.2, 0.25) is 0 Å². The first-order valence-electron chi connectivity index (χ1n) is 6.70. The zero-order valence-corrected chi connectivity index (χ0v) is 11.2. The minimum atomic E-state index is -3.35. The van der Waals surface area contributed by atoms with E-state index in [2.05, 4.69) is 10.2 Å². The van der Waals surface area contributed by atoms with E-state index in [0.29, 0.717) is 17.4 Å². The van der Waals surface area contributed by atoms with Crippen LogP contribution in [-0.4, -0.2) is 35.5 Å². The number of nitrogens with one attached hydrogen (secondary N) is 1. The minimum absolute atomic E-state index is 0.215. The van der Waals surface area contributed by atoms with Crippen LogP contribution in [0.4, 0.5) is 0 Å². The molecular weight excluding hydrogens is 250 g/mol. The molecule has 18 heavy (non-hydrogen) atoms. The van der Waals surface area contributed by atoms with Crippen molar-refractivity contribution < 1.29 is 8.42 Å². The lowest BCUT2D eigenvalue weighted by molar-refractivity contribution is 0.129. The number of hydrogen-bond acceptors (Lipinski definition) is 3. The normalized spacial score (nSPS) is 30.0. The van der Waals surface area contributed by atoms with Crippen LogP contribution < -0.4 is 0 Å². The van der Waals surface area contributed by atoms with Crippen molar-refractivity contribution in [2.45, 2.75) is 49.5 Å². The molecule has 2 atom stereocenters. The zero-order valence-electron chi connectivity index (χ0n) is 10.4. The number of rotatable bonds is 2. The lowest BCUT2D eigenvalue weighted by atomic mass is 9.79. The van der Waals surface area contributed by atoms with E-state index in [1.807, 2.05) is 0 Å². The average molecular weight is 269 g/mol. The molecule has 0 amide bonds. The van der Waals surface area contributed by atoms with Gasteiger partial charge in [-0.25, -0.2) is 8.42 Å². The Kier molecular flexibility index (Phi) is 3.15. The van der Waals surface area contributed by atoms with Crippen LogP contribution in [0, 0.1) is 5.92 Å². The molecule has 1 saturated carbocycles. The molecule has 2 aliphatic rings. The van der Waals surface area contributed by atoms with E-state index in [9.17, 15) is 8.42 Å². The largest absolute Gasteiger partial charge is 0.284 e. The summed E-state index contributed by atoms with van der Waals surface area (Å²) in [5, 5.41) is 6.35. The summed E-state index contributed by atoms with van der Waals surface area (Å²) in [7, 11) is -3.35. The molecule has 1 aliphatic heterocycles. The number of piperidine rings is 1. The van der Waals surface area contributed by atoms with Crippen LogP contribution in [0.5, 0.6) is 0 Å². The highest BCUT2D eigenvalue weighted by atomic mass is 32.2. The van der Waals surface area contributed by atoms with Crippen molar-refractivity contribution in [3.63, 3.8) is 0 Å². The maximum Gasteiger partial charge on any atom is 0.246 e. The van der Waals surface area contributed by atoms with Gasteiger partial charge < -0.3 is 0 Å². The summed E-state index contributed by atoms with van der Waals surface area (Å²) in [6.07, 6.45) is 9.65. The van der Waals surface area contributed by atoms with E-state index in [1.165, 1.54) is 31.7 Å². The average Bonchev–Trinajstić information content (AvgIpc) is 2.92. The Bertz CT molecular complexity index is 495. The van der Waals surface area contributed by atoms with Gasteiger partial charge in [0.05, 0.1) is 6.20 Å². The van der Waals surface area contributed by atoms with E-state index in [-0.39, 0.29) is 6.04 Å². The van der Waals surface area contributed by atoms with E-state index >= 15 is 0 Å². The molecule has 1 aromatic rings. The SMILES string of the molecule is O=S(=O)(c1cn[nH]c1)N1CCC[C@H]2CCCC[C@H]21. The maximum absolute atomic E-state index is 12.6. The quantitative estimate of drug-likeness (QED) is 0.889. The van der Waals surface area contributed by atoms with Gasteiger partial charge in [-0.15, -0.1) is 0 Å². The van der Waals surface area contributed by atoms with Gasteiger partial charge in [-0.2, -0.15) is 9.40 Å². The van der Waals surface area contributed by atoms with Crippen LogP contribution in [0.25, 0.3) is 0 Å². The lowest BCUT2D eigenvalue weighted by Gasteiger charge is -2.42. The molecule has 2 fully saturated rings. The second-order valence-electron chi connectivity index (χ2n) is 5.30. The van der Waals surface area contributed by atoms with Crippen molar-refractivity contribution in [2.75, 3.05) is 6.54 Å². The summed E-state index contributed by atoms with van der Waals surface area (Å²) in [6.45, 7) is 0.661. The third kappa shape index (κ3) is 1.97. The number of aromatic amines is 1. The summed E-state index contributed by atoms with van der Waals surface area (Å²) in [5.74, 6) is 0.564. The molecule has 0 aromatic carbocycles. The standard InChI is InChI=1S/C12H19N3O2S/c16-18(17,11-8-13-14-9-11)15-7-3-5-10-4-1-2-6-12(10)15/h8-10,12H,1-7H2,(H,13,14)/t10-,12-/m1/s1. The first-order valence-corrected chi connectivity index (χ1v) is 8.14. The Labute approximate surface area is 108 Å².